The van der Waals surface area contributed by atoms with Gasteiger partial charge in [-0.15, -0.1) is 0 Å². The number of aliphatic hydroxyl groups excluding tert-OH is 1. The first-order valence-electron chi connectivity index (χ1n) is 6.07. The highest BCUT2D eigenvalue weighted by Gasteiger charge is 2.11. The summed E-state index contributed by atoms with van der Waals surface area (Å²) < 4.78 is 5.51. The van der Waals surface area contributed by atoms with Crippen LogP contribution in [0.2, 0.25) is 0 Å². The number of hydrogen-bond donors (Lipinski definition) is 2. The van der Waals surface area contributed by atoms with Crippen LogP contribution >= 0.6 is 0 Å². The predicted octanol–water partition coefficient (Wildman–Crippen LogP) is 2.09. The van der Waals surface area contributed by atoms with Crippen molar-refractivity contribution in [3.8, 4) is 5.75 Å². The molecule has 0 saturated heterocycles. The lowest BCUT2D eigenvalue weighted by atomic mass is 9.99. The van der Waals surface area contributed by atoms with Gasteiger partial charge in [0.2, 0.25) is 0 Å². The maximum atomic E-state index is 8.73. The molecule has 1 aromatic rings. The number of hydrogen-bond acceptors (Lipinski definition) is 3. The van der Waals surface area contributed by atoms with Crippen LogP contribution in [0.5, 0.6) is 5.75 Å². The van der Waals surface area contributed by atoms with Crippen molar-refractivity contribution in [1.82, 2.24) is 5.32 Å². The molecule has 17 heavy (non-hydrogen) atoms. The highest BCUT2D eigenvalue weighted by molar-refractivity contribution is 5.49. The Kier molecular flexibility index (Phi) is 5.45. The fraction of sp³-hybridized carbons (Fsp3) is 0.571. The van der Waals surface area contributed by atoms with Gasteiger partial charge in [-0.05, 0) is 50.4 Å². The third-order valence-corrected chi connectivity index (χ3v) is 3.13. The van der Waals surface area contributed by atoms with Gasteiger partial charge >= 0.3 is 0 Å². The molecule has 3 heteroatoms. The van der Waals surface area contributed by atoms with E-state index in [0.29, 0.717) is 0 Å². The molecular formula is C14H23NO2. The zero-order valence-electron chi connectivity index (χ0n) is 11.3. The van der Waals surface area contributed by atoms with E-state index < -0.39 is 0 Å². The van der Waals surface area contributed by atoms with Crippen molar-refractivity contribution in [3.05, 3.63) is 28.3 Å². The van der Waals surface area contributed by atoms with Gasteiger partial charge in [0.05, 0.1) is 7.11 Å². The highest BCUT2D eigenvalue weighted by atomic mass is 16.5. The summed E-state index contributed by atoms with van der Waals surface area (Å²) in [5.74, 6) is 0.985. The number of ether oxygens (including phenoxy) is 1. The van der Waals surface area contributed by atoms with E-state index in [9.17, 15) is 0 Å². The quantitative estimate of drug-likeness (QED) is 0.744. The summed E-state index contributed by atoms with van der Waals surface area (Å²) in [6.07, 6.45) is 0.784. The smallest absolute Gasteiger partial charge is 0.126 e. The predicted molar refractivity (Wildman–Crippen MR) is 70.6 cm³/mol. The summed E-state index contributed by atoms with van der Waals surface area (Å²) in [7, 11) is 1.72. The molecule has 1 rings (SSSR count). The first-order valence-corrected chi connectivity index (χ1v) is 6.07. The maximum absolute atomic E-state index is 8.73. The van der Waals surface area contributed by atoms with Crippen LogP contribution < -0.4 is 10.1 Å². The number of benzene rings is 1. The summed E-state index contributed by atoms with van der Waals surface area (Å²) in [6.45, 7) is 8.15. The van der Waals surface area contributed by atoms with Crippen LogP contribution in [0.15, 0.2) is 6.07 Å². The second-order valence-corrected chi connectivity index (χ2v) is 4.40. The van der Waals surface area contributed by atoms with Crippen LogP contribution in [0.25, 0.3) is 0 Å². The van der Waals surface area contributed by atoms with Crippen LogP contribution in [-0.4, -0.2) is 25.4 Å². The van der Waals surface area contributed by atoms with Gasteiger partial charge in [-0.2, -0.15) is 0 Å². The summed E-state index contributed by atoms with van der Waals surface area (Å²) in [5.41, 5.74) is 4.94. The Balaban J connectivity index is 2.86. The van der Waals surface area contributed by atoms with Gasteiger partial charge in [0, 0.05) is 18.7 Å². The Hall–Kier alpha value is -1.06. The Morgan fingerprint density at radius 1 is 1.24 bits per heavy atom. The molecule has 0 amide bonds. The summed E-state index contributed by atoms with van der Waals surface area (Å²) >= 11 is 0. The van der Waals surface area contributed by atoms with Gasteiger partial charge in [0.15, 0.2) is 0 Å². The lowest BCUT2D eigenvalue weighted by molar-refractivity contribution is 0.286. The number of aliphatic hydroxyl groups is 1. The van der Waals surface area contributed by atoms with Gasteiger partial charge in [0.25, 0.3) is 0 Å². The van der Waals surface area contributed by atoms with Crippen molar-refractivity contribution >= 4 is 0 Å². The minimum Gasteiger partial charge on any atom is -0.496 e. The minimum absolute atomic E-state index is 0.232. The van der Waals surface area contributed by atoms with Crippen LogP contribution in [0.1, 0.15) is 28.7 Å². The van der Waals surface area contributed by atoms with Crippen LogP contribution in [-0.2, 0) is 6.54 Å². The van der Waals surface area contributed by atoms with E-state index in [1.54, 1.807) is 7.11 Å². The van der Waals surface area contributed by atoms with E-state index in [4.69, 9.17) is 9.84 Å². The Morgan fingerprint density at radius 3 is 2.53 bits per heavy atom. The van der Waals surface area contributed by atoms with Crippen molar-refractivity contribution in [1.29, 1.82) is 0 Å². The Morgan fingerprint density at radius 2 is 1.94 bits per heavy atom. The van der Waals surface area contributed by atoms with Crippen LogP contribution in [0.3, 0.4) is 0 Å². The summed E-state index contributed by atoms with van der Waals surface area (Å²) in [5, 5.41) is 12.1. The number of aryl methyl sites for hydroxylation is 2. The van der Waals surface area contributed by atoms with E-state index in [1.807, 2.05) is 0 Å². The van der Waals surface area contributed by atoms with E-state index >= 15 is 0 Å². The Bertz CT molecular complexity index is 375. The van der Waals surface area contributed by atoms with Crippen molar-refractivity contribution in [3.63, 3.8) is 0 Å². The summed E-state index contributed by atoms with van der Waals surface area (Å²) in [6, 6.07) is 2.20. The first kappa shape index (κ1) is 14.0. The molecule has 0 aliphatic rings. The second kappa shape index (κ2) is 6.62. The van der Waals surface area contributed by atoms with Crippen LogP contribution in [0.4, 0.5) is 0 Å². The number of methoxy groups -OCH3 is 1. The summed E-state index contributed by atoms with van der Waals surface area (Å²) in [4.78, 5) is 0. The van der Waals surface area contributed by atoms with Crippen molar-refractivity contribution in [2.24, 2.45) is 0 Å². The molecule has 96 valence electrons. The topological polar surface area (TPSA) is 41.5 Å². The molecule has 2 N–H and O–H groups in total. The van der Waals surface area contributed by atoms with E-state index in [-0.39, 0.29) is 6.61 Å². The largest absolute Gasteiger partial charge is 0.496 e. The van der Waals surface area contributed by atoms with Crippen molar-refractivity contribution in [2.45, 2.75) is 33.7 Å². The van der Waals surface area contributed by atoms with Gasteiger partial charge in [-0.3, -0.25) is 0 Å². The maximum Gasteiger partial charge on any atom is 0.126 e. The number of nitrogens with one attached hydrogen (secondary N) is 1. The molecule has 0 atom stereocenters. The fourth-order valence-electron chi connectivity index (χ4n) is 2.02. The second-order valence-electron chi connectivity index (χ2n) is 4.40. The van der Waals surface area contributed by atoms with Gasteiger partial charge in [-0.1, -0.05) is 6.07 Å². The average Bonchev–Trinajstić information content (AvgIpc) is 2.31. The Labute approximate surface area is 104 Å². The minimum atomic E-state index is 0.232. The zero-order valence-corrected chi connectivity index (χ0v) is 11.3. The average molecular weight is 237 g/mol. The molecule has 0 unspecified atom stereocenters. The molecule has 0 aliphatic carbocycles. The van der Waals surface area contributed by atoms with Gasteiger partial charge < -0.3 is 15.2 Å². The first-order chi connectivity index (χ1) is 8.11. The van der Waals surface area contributed by atoms with Crippen molar-refractivity contribution in [2.75, 3.05) is 20.3 Å². The molecule has 0 aliphatic heterocycles. The molecule has 0 heterocycles. The molecule has 3 nitrogen and oxygen atoms in total. The van der Waals surface area contributed by atoms with E-state index in [2.05, 4.69) is 32.2 Å². The fourth-order valence-corrected chi connectivity index (χ4v) is 2.02. The lowest BCUT2D eigenvalue weighted by Gasteiger charge is -2.17. The third kappa shape index (κ3) is 3.45. The van der Waals surface area contributed by atoms with E-state index in [0.717, 1.165) is 25.3 Å². The molecule has 0 fully saturated rings. The molecule has 1 aromatic carbocycles. The molecule has 0 spiro atoms. The van der Waals surface area contributed by atoms with Crippen molar-refractivity contribution < 1.29 is 9.84 Å². The highest BCUT2D eigenvalue weighted by Crippen LogP contribution is 2.29. The SMILES string of the molecule is COc1c(C)c(C)cc(C)c1CNCCCO. The lowest BCUT2D eigenvalue weighted by Crippen LogP contribution is -2.17. The van der Waals surface area contributed by atoms with Crippen LogP contribution in [0, 0.1) is 20.8 Å². The molecule has 0 saturated carbocycles. The molecule has 0 radical (unpaired) electrons. The molecule has 0 bridgehead atoms. The monoisotopic (exact) mass is 237 g/mol. The van der Waals surface area contributed by atoms with Gasteiger partial charge in [0.1, 0.15) is 5.75 Å². The normalized spacial score (nSPS) is 10.6. The van der Waals surface area contributed by atoms with Gasteiger partial charge in [-0.25, -0.2) is 0 Å². The molecule has 0 aromatic heterocycles. The number of rotatable bonds is 6. The molecular weight excluding hydrogens is 214 g/mol. The zero-order chi connectivity index (χ0) is 12.8. The third-order valence-electron chi connectivity index (χ3n) is 3.13. The standard InChI is InChI=1S/C14H23NO2/c1-10-8-11(2)13(9-15-6-5-7-16)14(17-4)12(10)3/h8,15-16H,5-7,9H2,1-4H3. The van der Waals surface area contributed by atoms with E-state index in [1.165, 1.54) is 22.3 Å².